The Morgan fingerprint density at radius 3 is 0.792 bits per heavy atom. The van der Waals surface area contributed by atoms with Crippen LogP contribution in [0.5, 0.6) is 0 Å². The maximum Gasteiger partial charge on any atom is 0.336 e. The lowest BCUT2D eigenvalue weighted by atomic mass is 9.93. The second kappa shape index (κ2) is 31.9. The average molecular weight is 715 g/mol. The first-order valence-electron chi connectivity index (χ1n) is 13.9. The zero-order valence-corrected chi connectivity index (χ0v) is 27.4. The van der Waals surface area contributed by atoms with Gasteiger partial charge in [-0.25, -0.2) is 9.59 Å². The number of ether oxygens (including phenoxy) is 1. The molecule has 0 aromatic carbocycles. The second-order valence-electron chi connectivity index (χ2n) is 10.8. The first kappa shape index (κ1) is 55.0. The highest BCUT2D eigenvalue weighted by molar-refractivity contribution is 5.87. The molecule has 0 aliphatic rings. The smallest absolute Gasteiger partial charge is 0.336 e. The molecule has 0 saturated carbocycles. The Morgan fingerprint density at radius 2 is 0.688 bits per heavy atom. The number of hydrogen-bond donors (Lipinski definition) is 17. The van der Waals surface area contributed by atoms with E-state index in [2.05, 4.69) is 11.3 Å². The maximum atomic E-state index is 11.1. The predicted molar refractivity (Wildman–Crippen MR) is 166 cm³/mol. The van der Waals surface area contributed by atoms with Crippen molar-refractivity contribution in [2.75, 3.05) is 106 Å². The van der Waals surface area contributed by atoms with E-state index >= 15 is 0 Å². The fourth-order valence-corrected chi connectivity index (χ4v) is 1.57. The summed E-state index contributed by atoms with van der Waals surface area (Å²) in [7, 11) is 0. The van der Waals surface area contributed by atoms with E-state index in [0.717, 1.165) is 0 Å². The Kier molecular flexibility index (Phi) is 36.5. The third kappa shape index (κ3) is 23.1. The number of aliphatic carboxylic acids is 1. The molecule has 0 unspecified atom stereocenters. The monoisotopic (exact) mass is 714 g/mol. The fraction of sp³-hybridized carbons (Fsp3) is 0.786. The molecule has 0 bridgehead atoms. The van der Waals surface area contributed by atoms with E-state index in [-0.39, 0.29) is 17.8 Å². The van der Waals surface area contributed by atoms with Crippen LogP contribution in [-0.4, -0.2) is 204 Å². The molecule has 0 fully saturated rings. The Hall–Kier alpha value is -2.38. The number of hydrogen-bond acceptors (Lipinski definition) is 19. The van der Waals surface area contributed by atoms with Crippen LogP contribution in [0, 0.1) is 21.7 Å². The summed E-state index contributed by atoms with van der Waals surface area (Å²) in [5.41, 5.74) is -4.40. The van der Waals surface area contributed by atoms with Crippen molar-refractivity contribution in [3.8, 4) is 0 Å². The Bertz CT molecular complexity index is 698. The normalized spacial score (nSPS) is 11.6. The minimum absolute atomic E-state index is 0.00211. The quantitative estimate of drug-likeness (QED) is 0.0336. The number of carboxylic acids is 1. The molecule has 290 valence electrons. The molecule has 0 atom stereocenters. The number of carbonyl (C=O) groups is 2. The minimum atomic E-state index is -1.24. The summed E-state index contributed by atoms with van der Waals surface area (Å²) in [4.78, 5) is 20.7. The van der Waals surface area contributed by atoms with E-state index < -0.39 is 133 Å². The first-order chi connectivity index (χ1) is 22.4. The number of aliphatic hydroxyl groups excluding tert-OH is 16. The van der Waals surface area contributed by atoms with E-state index in [1.807, 2.05) is 0 Å². The third-order valence-corrected chi connectivity index (χ3v) is 6.42. The lowest BCUT2D eigenvalue weighted by molar-refractivity contribution is -0.146. The lowest BCUT2D eigenvalue weighted by Crippen LogP contribution is -2.39. The SMILES string of the molecule is C=C(C)C(=O)O.CC(=CO)C(=O)OCC(CO)(CO)CO.OCC(CO)(CO)CO.OCC(CO)(CO)CO.OCC(CO)(CO)CO. The van der Waals surface area contributed by atoms with Gasteiger partial charge in [0.15, 0.2) is 0 Å². The highest BCUT2D eigenvalue weighted by Crippen LogP contribution is 2.16. The number of rotatable bonds is 19. The minimum Gasteiger partial charge on any atom is -0.515 e. The Morgan fingerprint density at radius 1 is 0.500 bits per heavy atom. The first-order valence-corrected chi connectivity index (χ1v) is 13.9. The van der Waals surface area contributed by atoms with Gasteiger partial charge >= 0.3 is 11.9 Å². The zero-order chi connectivity index (χ0) is 39.0. The number of esters is 1. The fourth-order valence-electron chi connectivity index (χ4n) is 1.57. The standard InChI is InChI=1S/C9H16O6.3C5H12O4.C4H6O2/c1-7(2-10)8(14)15-6-9(3-11,4-12)5-13;3*6-1-5(2-7,3-8)4-9;1-3(2)4(5)6/h2,10-13H,3-6H2,1H3;3*6-9H,1-4H2;1H2,2H3,(H,5,6). The van der Waals surface area contributed by atoms with Crippen LogP contribution >= 0.6 is 0 Å². The molecule has 17 N–H and O–H groups in total. The summed E-state index contributed by atoms with van der Waals surface area (Å²) < 4.78 is 4.69. The molecule has 0 saturated heterocycles. The molecule has 0 aromatic heterocycles. The molecule has 48 heavy (non-hydrogen) atoms. The third-order valence-electron chi connectivity index (χ3n) is 6.42. The molecule has 0 rings (SSSR count). The van der Waals surface area contributed by atoms with Gasteiger partial charge < -0.3 is 91.5 Å². The molecule has 20 heteroatoms. The van der Waals surface area contributed by atoms with Crippen LogP contribution in [0.2, 0.25) is 0 Å². The summed E-state index contributed by atoms with van der Waals surface area (Å²) in [6, 6.07) is 0. The number of carbonyl (C=O) groups excluding carboxylic acids is 1. The van der Waals surface area contributed by atoms with Crippen LogP contribution < -0.4 is 0 Å². The van der Waals surface area contributed by atoms with Crippen molar-refractivity contribution in [2.24, 2.45) is 21.7 Å². The van der Waals surface area contributed by atoms with Crippen LogP contribution in [0.15, 0.2) is 24.0 Å². The van der Waals surface area contributed by atoms with Crippen molar-refractivity contribution in [3.05, 3.63) is 24.0 Å². The van der Waals surface area contributed by atoms with Crippen molar-refractivity contribution >= 4 is 11.9 Å². The molecule has 20 nitrogen and oxygen atoms in total. The van der Waals surface area contributed by atoms with Crippen LogP contribution in [-0.2, 0) is 14.3 Å². The lowest BCUT2D eigenvalue weighted by Gasteiger charge is -2.26. The molecule has 0 aromatic rings. The maximum absolute atomic E-state index is 11.1. The second-order valence-corrected chi connectivity index (χ2v) is 10.8. The topological polar surface area (TPSA) is 387 Å². The van der Waals surface area contributed by atoms with Gasteiger partial charge in [-0.1, -0.05) is 6.58 Å². The zero-order valence-electron chi connectivity index (χ0n) is 27.4. The van der Waals surface area contributed by atoms with Crippen molar-refractivity contribution in [1.82, 2.24) is 0 Å². The number of aliphatic hydroxyl groups is 16. The number of carboxylic acid groups (broad SMARTS) is 1. The highest BCUT2D eigenvalue weighted by Gasteiger charge is 2.30. The van der Waals surface area contributed by atoms with Crippen molar-refractivity contribution in [2.45, 2.75) is 13.8 Å². The van der Waals surface area contributed by atoms with E-state index in [4.69, 9.17) is 86.8 Å². The molecule has 0 spiro atoms. The molecule has 0 heterocycles. The molecular weight excluding hydrogens is 656 g/mol. The van der Waals surface area contributed by atoms with Gasteiger partial charge in [-0.3, -0.25) is 0 Å². The summed E-state index contributed by atoms with van der Waals surface area (Å²) in [6.45, 7) is -0.758. The molecule has 0 aliphatic heterocycles. The Balaban J connectivity index is -0.000000166. The van der Waals surface area contributed by atoms with Gasteiger partial charge in [-0.05, 0) is 13.8 Å². The molecule has 0 aliphatic carbocycles. The van der Waals surface area contributed by atoms with Gasteiger partial charge in [0.2, 0.25) is 0 Å². The van der Waals surface area contributed by atoms with Gasteiger partial charge in [0.05, 0.1) is 133 Å². The van der Waals surface area contributed by atoms with Crippen LogP contribution in [0.4, 0.5) is 0 Å². The summed E-state index contributed by atoms with van der Waals surface area (Å²) in [5.74, 6) is -1.70. The van der Waals surface area contributed by atoms with Crippen LogP contribution in [0.3, 0.4) is 0 Å². The Labute approximate surface area is 278 Å². The summed E-state index contributed by atoms with van der Waals surface area (Å²) in [6.07, 6.45) is 0.598. The van der Waals surface area contributed by atoms with Gasteiger partial charge in [0.1, 0.15) is 6.61 Å². The van der Waals surface area contributed by atoms with Crippen LogP contribution in [0.25, 0.3) is 0 Å². The molecule has 0 amide bonds. The molecular formula is C28H58O20. The van der Waals surface area contributed by atoms with Gasteiger partial charge in [0.25, 0.3) is 0 Å². The highest BCUT2D eigenvalue weighted by atomic mass is 16.5. The van der Waals surface area contributed by atoms with Crippen molar-refractivity contribution < 1.29 is 101 Å². The largest absolute Gasteiger partial charge is 0.515 e. The van der Waals surface area contributed by atoms with Gasteiger partial charge in [-0.15, -0.1) is 0 Å². The average Bonchev–Trinajstić information content (AvgIpc) is 3.13. The van der Waals surface area contributed by atoms with E-state index in [1.165, 1.54) is 13.8 Å². The molecule has 0 radical (unpaired) electrons. The van der Waals surface area contributed by atoms with Crippen molar-refractivity contribution in [1.29, 1.82) is 0 Å². The summed E-state index contributed by atoms with van der Waals surface area (Å²) >= 11 is 0. The van der Waals surface area contributed by atoms with E-state index in [9.17, 15) is 9.59 Å². The predicted octanol–water partition coefficient (Wildman–Crippen LogP) is -6.57. The van der Waals surface area contributed by atoms with Gasteiger partial charge in [-0.2, -0.15) is 0 Å². The van der Waals surface area contributed by atoms with Crippen LogP contribution in [0.1, 0.15) is 13.8 Å². The van der Waals surface area contributed by atoms with Gasteiger partial charge in [0, 0.05) is 5.57 Å². The van der Waals surface area contributed by atoms with E-state index in [0.29, 0.717) is 6.26 Å². The summed E-state index contributed by atoms with van der Waals surface area (Å²) in [5, 5.41) is 145. The van der Waals surface area contributed by atoms with Crippen molar-refractivity contribution in [3.63, 3.8) is 0 Å². The van der Waals surface area contributed by atoms with E-state index in [1.54, 1.807) is 0 Å².